The van der Waals surface area contributed by atoms with Crippen LogP contribution in [0.2, 0.25) is 0 Å². The first kappa shape index (κ1) is 13.3. The molecule has 0 aromatic rings. The molecule has 102 valence electrons. The monoisotopic (exact) mass is 258 g/mol. The highest BCUT2D eigenvalue weighted by atomic mass is 16.6. The predicted molar refractivity (Wildman–Crippen MR) is 60.0 cm³/mol. The molecule has 0 amide bonds. The fourth-order valence-electron chi connectivity index (χ4n) is 2.37. The van der Waals surface area contributed by atoms with Gasteiger partial charge in [-0.25, -0.2) is 0 Å². The molecule has 2 aliphatic heterocycles. The van der Waals surface area contributed by atoms with Crippen LogP contribution in [0.1, 0.15) is 26.2 Å². The number of esters is 1. The van der Waals surface area contributed by atoms with Crippen molar-refractivity contribution in [1.29, 1.82) is 0 Å². The minimum atomic E-state index is -0.903. The van der Waals surface area contributed by atoms with Gasteiger partial charge >= 0.3 is 11.9 Å². The molecule has 2 fully saturated rings. The Morgan fingerprint density at radius 2 is 1.94 bits per heavy atom. The largest absolute Gasteiger partial charge is 0.481 e. The summed E-state index contributed by atoms with van der Waals surface area (Å²) < 4.78 is 16.4. The summed E-state index contributed by atoms with van der Waals surface area (Å²) in [6.07, 6.45) is -0.0962. The quantitative estimate of drug-likeness (QED) is 0.727. The second kappa shape index (κ2) is 5.67. The van der Waals surface area contributed by atoms with Gasteiger partial charge in [0.2, 0.25) is 0 Å². The van der Waals surface area contributed by atoms with Crippen LogP contribution in [0, 0.1) is 5.92 Å². The second-order valence-corrected chi connectivity index (χ2v) is 4.85. The van der Waals surface area contributed by atoms with Gasteiger partial charge in [0.15, 0.2) is 6.10 Å². The lowest BCUT2D eigenvalue weighted by Gasteiger charge is -2.16. The fraction of sp³-hybridized carbons (Fsp3) is 0.833. The molecule has 0 aliphatic carbocycles. The number of rotatable bonds is 5. The number of carboxylic acid groups (broad SMARTS) is 1. The molecule has 0 unspecified atom stereocenters. The fourth-order valence-corrected chi connectivity index (χ4v) is 2.37. The van der Waals surface area contributed by atoms with Crippen molar-refractivity contribution >= 4 is 11.9 Å². The molecule has 0 aromatic heterocycles. The molecule has 0 saturated carbocycles. The lowest BCUT2D eigenvalue weighted by molar-refractivity contribution is -0.153. The average molecular weight is 258 g/mol. The van der Waals surface area contributed by atoms with E-state index in [-0.39, 0.29) is 37.1 Å². The molecule has 2 saturated heterocycles. The van der Waals surface area contributed by atoms with Crippen LogP contribution in [0.15, 0.2) is 0 Å². The number of hydrogen-bond donors (Lipinski definition) is 1. The summed E-state index contributed by atoms with van der Waals surface area (Å²) >= 11 is 0. The van der Waals surface area contributed by atoms with E-state index in [4.69, 9.17) is 19.3 Å². The smallest absolute Gasteiger partial charge is 0.306 e. The minimum Gasteiger partial charge on any atom is -0.481 e. The van der Waals surface area contributed by atoms with Gasteiger partial charge in [0.05, 0.1) is 19.3 Å². The zero-order valence-electron chi connectivity index (χ0n) is 10.3. The Morgan fingerprint density at radius 3 is 2.67 bits per heavy atom. The third-order valence-corrected chi connectivity index (χ3v) is 3.31. The normalized spacial score (nSPS) is 34.3. The highest BCUT2D eigenvalue weighted by Crippen LogP contribution is 2.32. The van der Waals surface area contributed by atoms with Crippen LogP contribution in [-0.2, 0) is 23.8 Å². The van der Waals surface area contributed by atoms with Gasteiger partial charge in [-0.1, -0.05) is 6.92 Å². The summed E-state index contributed by atoms with van der Waals surface area (Å²) in [5, 5.41) is 8.47. The molecule has 4 atom stereocenters. The van der Waals surface area contributed by atoms with E-state index in [2.05, 4.69) is 0 Å². The van der Waals surface area contributed by atoms with Crippen LogP contribution in [0.4, 0.5) is 0 Å². The zero-order valence-corrected chi connectivity index (χ0v) is 10.3. The van der Waals surface area contributed by atoms with E-state index in [1.54, 1.807) is 0 Å². The lowest BCUT2D eigenvalue weighted by atomic mass is 10.0. The van der Waals surface area contributed by atoms with Gasteiger partial charge in [0.25, 0.3) is 0 Å². The maximum Gasteiger partial charge on any atom is 0.306 e. The van der Waals surface area contributed by atoms with Crippen molar-refractivity contribution < 1.29 is 28.9 Å². The third-order valence-electron chi connectivity index (χ3n) is 3.31. The summed E-state index contributed by atoms with van der Waals surface area (Å²) in [5.41, 5.74) is 0. The Morgan fingerprint density at radius 1 is 1.22 bits per heavy atom. The van der Waals surface area contributed by atoms with Crippen molar-refractivity contribution in [2.75, 3.05) is 13.2 Å². The van der Waals surface area contributed by atoms with Gasteiger partial charge in [-0.15, -0.1) is 0 Å². The highest BCUT2D eigenvalue weighted by molar-refractivity contribution is 5.71. The number of hydrogen-bond acceptors (Lipinski definition) is 5. The summed E-state index contributed by atoms with van der Waals surface area (Å²) in [6.45, 7) is 3.04. The molecule has 2 rings (SSSR count). The number of fused-ring (bicyclic) bond motifs is 1. The van der Waals surface area contributed by atoms with Crippen LogP contribution in [0.3, 0.4) is 0 Å². The molecule has 6 nitrogen and oxygen atoms in total. The van der Waals surface area contributed by atoms with E-state index in [1.165, 1.54) is 0 Å². The van der Waals surface area contributed by atoms with Crippen molar-refractivity contribution in [1.82, 2.24) is 0 Å². The molecule has 0 bridgehead atoms. The second-order valence-electron chi connectivity index (χ2n) is 4.85. The van der Waals surface area contributed by atoms with E-state index in [9.17, 15) is 9.59 Å². The molecular weight excluding hydrogens is 240 g/mol. The highest BCUT2D eigenvalue weighted by Gasteiger charge is 2.47. The van der Waals surface area contributed by atoms with E-state index in [0.29, 0.717) is 25.6 Å². The maximum absolute atomic E-state index is 11.5. The maximum atomic E-state index is 11.5. The molecular formula is C12H18O6. The van der Waals surface area contributed by atoms with Gasteiger partial charge in [0.1, 0.15) is 6.10 Å². The van der Waals surface area contributed by atoms with Crippen molar-refractivity contribution in [2.45, 2.75) is 44.5 Å². The first-order chi connectivity index (χ1) is 8.58. The number of carbonyl (C=O) groups is 2. The summed E-state index contributed by atoms with van der Waals surface area (Å²) in [5.74, 6) is -0.959. The van der Waals surface area contributed by atoms with Gasteiger partial charge in [-0.2, -0.15) is 0 Å². The summed E-state index contributed by atoms with van der Waals surface area (Å²) in [7, 11) is 0. The minimum absolute atomic E-state index is 0.0156. The van der Waals surface area contributed by atoms with Gasteiger partial charge in [-0.3, -0.25) is 9.59 Å². The molecule has 2 aliphatic rings. The van der Waals surface area contributed by atoms with Crippen molar-refractivity contribution in [3.8, 4) is 0 Å². The zero-order chi connectivity index (χ0) is 13.1. The number of carboxylic acids is 1. The Bertz CT molecular complexity index is 329. The predicted octanol–water partition coefficient (Wildman–Crippen LogP) is 0.587. The first-order valence-electron chi connectivity index (χ1n) is 6.22. The molecule has 18 heavy (non-hydrogen) atoms. The number of ether oxygens (including phenoxy) is 3. The van der Waals surface area contributed by atoms with Crippen LogP contribution in [0.25, 0.3) is 0 Å². The average Bonchev–Trinajstić information content (AvgIpc) is 2.83. The van der Waals surface area contributed by atoms with Gasteiger partial charge in [0, 0.05) is 18.8 Å². The summed E-state index contributed by atoms with van der Waals surface area (Å²) in [4.78, 5) is 21.8. The molecule has 1 N–H and O–H groups in total. The van der Waals surface area contributed by atoms with Gasteiger partial charge < -0.3 is 19.3 Å². The van der Waals surface area contributed by atoms with E-state index < -0.39 is 5.97 Å². The van der Waals surface area contributed by atoms with Crippen LogP contribution < -0.4 is 0 Å². The molecule has 0 spiro atoms. The summed E-state index contributed by atoms with van der Waals surface area (Å²) in [6, 6.07) is 0. The van der Waals surface area contributed by atoms with E-state index >= 15 is 0 Å². The van der Waals surface area contributed by atoms with Crippen LogP contribution in [0.5, 0.6) is 0 Å². The Balaban J connectivity index is 1.73. The van der Waals surface area contributed by atoms with Crippen LogP contribution in [-0.4, -0.2) is 48.6 Å². The lowest BCUT2D eigenvalue weighted by Crippen LogP contribution is -2.32. The van der Waals surface area contributed by atoms with E-state index in [1.807, 2.05) is 6.92 Å². The third kappa shape index (κ3) is 3.00. The van der Waals surface area contributed by atoms with E-state index in [0.717, 1.165) is 0 Å². The SMILES string of the molecule is C[C@H]1CO[C@H]2[C@@H]1OC[C@H]2OC(=O)CCCC(=O)O. The molecule has 0 aromatic carbocycles. The van der Waals surface area contributed by atoms with Crippen LogP contribution >= 0.6 is 0 Å². The Labute approximate surface area is 105 Å². The number of aliphatic carboxylic acids is 1. The van der Waals surface area contributed by atoms with Crippen molar-refractivity contribution in [3.63, 3.8) is 0 Å². The standard InChI is InChI=1S/C12H18O6/c1-7-5-16-12-8(6-17-11(7)12)18-10(15)4-2-3-9(13)14/h7-8,11-12H,2-6H2,1H3,(H,13,14)/t7-,8+,11+,12+/m0/s1. The van der Waals surface area contributed by atoms with Gasteiger partial charge in [-0.05, 0) is 6.42 Å². The molecule has 0 radical (unpaired) electrons. The van der Waals surface area contributed by atoms with Crippen molar-refractivity contribution in [3.05, 3.63) is 0 Å². The number of carbonyl (C=O) groups excluding carboxylic acids is 1. The Kier molecular flexibility index (Phi) is 4.19. The molecule has 2 heterocycles. The topological polar surface area (TPSA) is 82.1 Å². The Hall–Kier alpha value is -1.14. The van der Waals surface area contributed by atoms with Crippen molar-refractivity contribution in [2.24, 2.45) is 5.92 Å². The first-order valence-corrected chi connectivity index (χ1v) is 6.22. The molecule has 6 heteroatoms.